The molecule has 0 aliphatic heterocycles. The van der Waals surface area contributed by atoms with Crippen molar-refractivity contribution in [3.63, 3.8) is 0 Å². The van der Waals surface area contributed by atoms with E-state index in [-0.39, 0.29) is 0 Å². The van der Waals surface area contributed by atoms with E-state index in [4.69, 9.17) is 9.05 Å². The number of benzene rings is 3. The lowest BCUT2D eigenvalue weighted by molar-refractivity contribution is -0.111. The first kappa shape index (κ1) is 21.1. The van der Waals surface area contributed by atoms with Gasteiger partial charge >= 0.3 is 15.6 Å². The molecule has 30 heavy (non-hydrogen) atoms. The van der Waals surface area contributed by atoms with Gasteiger partial charge in [-0.3, -0.25) is 0 Å². The Balaban J connectivity index is 2.05. The van der Waals surface area contributed by atoms with Crippen molar-refractivity contribution in [2.75, 3.05) is 0 Å². The van der Waals surface area contributed by atoms with Crippen molar-refractivity contribution in [1.29, 1.82) is 0 Å². The highest BCUT2D eigenvalue weighted by molar-refractivity contribution is 7.47. The number of hydrogen-bond donors (Lipinski definition) is 4. The van der Waals surface area contributed by atoms with Crippen LogP contribution in [0, 0.1) is 0 Å². The Morgan fingerprint density at radius 3 is 2.00 bits per heavy atom. The third kappa shape index (κ3) is 4.18. The molecule has 0 saturated heterocycles. The molecular formula is C20H18O8P2. The maximum atomic E-state index is 11.8. The molecule has 3 aromatic carbocycles. The van der Waals surface area contributed by atoms with Crippen LogP contribution in [0.1, 0.15) is 22.6 Å². The van der Waals surface area contributed by atoms with Crippen molar-refractivity contribution < 1.29 is 37.8 Å². The number of fused-ring (bicyclic) bond motifs is 2. The van der Waals surface area contributed by atoms with E-state index >= 15 is 0 Å². The van der Waals surface area contributed by atoms with Crippen LogP contribution in [0.4, 0.5) is 0 Å². The van der Waals surface area contributed by atoms with Crippen molar-refractivity contribution in [2.24, 2.45) is 0 Å². The zero-order valence-corrected chi connectivity index (χ0v) is 17.2. The Labute approximate surface area is 171 Å². The van der Waals surface area contributed by atoms with Crippen LogP contribution in [0.3, 0.4) is 0 Å². The highest BCUT2D eigenvalue weighted by atomic mass is 31.2. The quantitative estimate of drug-likeness (QED) is 0.341. The SMILES string of the molecule is O=P(O)(O)OC1(OP(=O)(O)O)C=Cc2ccccc2C1c1cccc2ccccc12. The van der Waals surface area contributed by atoms with Gasteiger partial charge in [-0.25, -0.2) is 18.2 Å². The standard InChI is InChI=1S/C20H18O8P2/c21-29(22,23)27-20(28-30(24,25)26)13-12-15-7-2-4-10-17(15)19(20)18-11-5-8-14-6-1-3-9-16(14)18/h1-13,19H,(H2,21,22,23)(H2,24,25,26). The first-order valence-corrected chi connectivity index (χ1v) is 11.9. The Morgan fingerprint density at radius 1 is 0.733 bits per heavy atom. The summed E-state index contributed by atoms with van der Waals surface area (Å²) in [4.78, 5) is 38.3. The summed E-state index contributed by atoms with van der Waals surface area (Å²) in [5, 5.41) is 1.56. The van der Waals surface area contributed by atoms with Crippen LogP contribution in [0.25, 0.3) is 16.8 Å². The molecule has 0 heterocycles. The second kappa shape index (κ2) is 7.54. The lowest BCUT2D eigenvalue weighted by Gasteiger charge is -2.41. The second-order valence-electron chi connectivity index (χ2n) is 6.85. The van der Waals surface area contributed by atoms with Crippen LogP contribution in [0.2, 0.25) is 0 Å². The molecule has 8 nitrogen and oxygen atoms in total. The van der Waals surface area contributed by atoms with Gasteiger partial charge in [-0.1, -0.05) is 72.8 Å². The molecule has 1 aliphatic rings. The van der Waals surface area contributed by atoms with E-state index in [9.17, 15) is 28.7 Å². The number of hydrogen-bond acceptors (Lipinski definition) is 4. The van der Waals surface area contributed by atoms with E-state index in [1.54, 1.807) is 42.5 Å². The molecule has 4 rings (SSSR count). The summed E-state index contributed by atoms with van der Waals surface area (Å²) in [5.41, 5.74) is 1.78. The summed E-state index contributed by atoms with van der Waals surface area (Å²) in [6, 6.07) is 19.6. The molecule has 0 spiro atoms. The number of rotatable bonds is 5. The molecule has 0 aromatic heterocycles. The van der Waals surface area contributed by atoms with E-state index in [1.165, 1.54) is 6.08 Å². The summed E-state index contributed by atoms with van der Waals surface area (Å²) in [6.07, 6.45) is 2.60. The lowest BCUT2D eigenvalue weighted by atomic mass is 9.77. The summed E-state index contributed by atoms with van der Waals surface area (Å²) < 4.78 is 33.7. The zero-order valence-electron chi connectivity index (χ0n) is 15.4. The highest BCUT2D eigenvalue weighted by Gasteiger charge is 2.52. The minimum atomic E-state index is -5.24. The van der Waals surface area contributed by atoms with Crippen LogP contribution in [0.5, 0.6) is 0 Å². The van der Waals surface area contributed by atoms with Crippen LogP contribution in [-0.4, -0.2) is 25.4 Å². The Kier molecular flexibility index (Phi) is 5.31. The molecule has 0 amide bonds. The second-order valence-corrected chi connectivity index (χ2v) is 9.18. The lowest BCUT2D eigenvalue weighted by Crippen LogP contribution is -2.41. The molecule has 3 aromatic rings. The summed E-state index contributed by atoms with van der Waals surface area (Å²) in [7, 11) is -10.5. The molecule has 1 aliphatic carbocycles. The molecule has 0 fully saturated rings. The number of phosphoric acid groups is 2. The molecule has 0 saturated carbocycles. The van der Waals surface area contributed by atoms with Gasteiger partial charge in [0.15, 0.2) is 0 Å². The molecule has 10 heteroatoms. The Morgan fingerprint density at radius 2 is 1.30 bits per heavy atom. The third-order valence-electron chi connectivity index (χ3n) is 4.86. The van der Waals surface area contributed by atoms with Crippen molar-refractivity contribution in [2.45, 2.75) is 11.7 Å². The van der Waals surface area contributed by atoms with E-state index in [0.29, 0.717) is 16.7 Å². The first-order valence-electron chi connectivity index (χ1n) is 8.86. The molecule has 1 unspecified atom stereocenters. The fourth-order valence-corrected chi connectivity index (χ4v) is 5.09. The summed E-state index contributed by atoms with van der Waals surface area (Å²) in [6.45, 7) is 0. The molecule has 1 atom stereocenters. The number of phosphoric ester groups is 2. The monoisotopic (exact) mass is 448 g/mol. The van der Waals surface area contributed by atoms with Crippen LogP contribution < -0.4 is 0 Å². The van der Waals surface area contributed by atoms with Crippen molar-refractivity contribution in [1.82, 2.24) is 0 Å². The van der Waals surface area contributed by atoms with Crippen LogP contribution in [-0.2, 0) is 18.2 Å². The topological polar surface area (TPSA) is 134 Å². The van der Waals surface area contributed by atoms with Gasteiger partial charge in [0.25, 0.3) is 0 Å². The minimum Gasteiger partial charge on any atom is -0.303 e. The van der Waals surface area contributed by atoms with Gasteiger partial charge in [0.2, 0.25) is 5.79 Å². The van der Waals surface area contributed by atoms with Crippen LogP contribution >= 0.6 is 15.6 Å². The maximum absolute atomic E-state index is 11.8. The average Bonchev–Trinajstić information content (AvgIpc) is 2.65. The van der Waals surface area contributed by atoms with Gasteiger partial charge < -0.3 is 19.6 Å². The van der Waals surface area contributed by atoms with Crippen LogP contribution in [0.15, 0.2) is 72.8 Å². The first-order chi connectivity index (χ1) is 14.1. The maximum Gasteiger partial charge on any atom is 0.472 e. The zero-order chi connectivity index (χ0) is 21.6. The van der Waals surface area contributed by atoms with E-state index in [2.05, 4.69) is 0 Å². The molecule has 0 radical (unpaired) electrons. The van der Waals surface area contributed by atoms with Gasteiger partial charge in [-0.05, 0) is 33.5 Å². The normalized spacial score (nSPS) is 18.3. The predicted molar refractivity (Wildman–Crippen MR) is 110 cm³/mol. The Hall–Kier alpha value is -2.12. The predicted octanol–water partition coefficient (Wildman–Crippen LogP) is 3.91. The van der Waals surface area contributed by atoms with Crippen molar-refractivity contribution in [3.05, 3.63) is 89.5 Å². The fourth-order valence-electron chi connectivity index (χ4n) is 3.89. The van der Waals surface area contributed by atoms with Crippen molar-refractivity contribution >= 4 is 32.5 Å². The van der Waals surface area contributed by atoms with E-state index < -0.39 is 27.4 Å². The van der Waals surface area contributed by atoms with Gasteiger partial charge in [0.05, 0.1) is 5.92 Å². The summed E-state index contributed by atoms with van der Waals surface area (Å²) >= 11 is 0. The third-order valence-corrected chi connectivity index (χ3v) is 5.91. The largest absolute Gasteiger partial charge is 0.472 e. The van der Waals surface area contributed by atoms with Crippen molar-refractivity contribution in [3.8, 4) is 0 Å². The average molecular weight is 448 g/mol. The van der Waals surface area contributed by atoms with Gasteiger partial charge in [0.1, 0.15) is 0 Å². The molecule has 156 valence electrons. The molecule has 0 bridgehead atoms. The fraction of sp³-hybridized carbons (Fsp3) is 0.100. The minimum absolute atomic E-state index is 0.534. The molecular weight excluding hydrogens is 430 g/mol. The van der Waals surface area contributed by atoms with E-state index in [1.807, 2.05) is 24.3 Å². The van der Waals surface area contributed by atoms with Gasteiger partial charge in [-0.2, -0.15) is 0 Å². The smallest absolute Gasteiger partial charge is 0.303 e. The highest BCUT2D eigenvalue weighted by Crippen LogP contribution is 2.58. The van der Waals surface area contributed by atoms with Gasteiger partial charge in [-0.15, -0.1) is 0 Å². The molecule has 4 N–H and O–H groups in total. The Bertz CT molecular complexity index is 1200. The van der Waals surface area contributed by atoms with Gasteiger partial charge in [0, 0.05) is 0 Å². The van der Waals surface area contributed by atoms with E-state index in [0.717, 1.165) is 16.8 Å². The summed E-state index contributed by atoms with van der Waals surface area (Å²) in [5.74, 6) is -3.53.